The Morgan fingerprint density at radius 2 is 2.04 bits per heavy atom. The zero-order valence-electron chi connectivity index (χ0n) is 12.9. The van der Waals surface area contributed by atoms with Crippen LogP contribution in [0.5, 0.6) is 0 Å². The van der Waals surface area contributed by atoms with Gasteiger partial charge in [0.2, 0.25) is 5.91 Å². The van der Waals surface area contributed by atoms with Crippen LogP contribution < -0.4 is 22.1 Å². The second-order valence-electron chi connectivity index (χ2n) is 5.09. The number of carbonyl (C=O) groups is 2. The molecule has 0 aliphatic carbocycles. The van der Waals surface area contributed by atoms with Crippen LogP contribution in [0.15, 0.2) is 24.3 Å². The summed E-state index contributed by atoms with van der Waals surface area (Å²) in [4.78, 5) is 22.9. The number of benzene rings is 1. The normalized spacial score (nSPS) is 11.7. The van der Waals surface area contributed by atoms with Crippen molar-refractivity contribution < 1.29 is 9.59 Å². The summed E-state index contributed by atoms with van der Waals surface area (Å²) in [7, 11) is 0. The van der Waals surface area contributed by atoms with E-state index in [0.29, 0.717) is 23.4 Å². The van der Waals surface area contributed by atoms with Gasteiger partial charge in [0.15, 0.2) is 0 Å². The summed E-state index contributed by atoms with van der Waals surface area (Å²) >= 11 is 1.29. The van der Waals surface area contributed by atoms with E-state index in [1.807, 2.05) is 19.9 Å². The van der Waals surface area contributed by atoms with Gasteiger partial charge in [-0.05, 0) is 49.1 Å². The fourth-order valence-electron chi connectivity index (χ4n) is 2.08. The van der Waals surface area contributed by atoms with E-state index in [0.717, 1.165) is 10.7 Å². The number of hydrogen-bond donors (Lipinski definition) is 4. The van der Waals surface area contributed by atoms with Crippen LogP contribution in [-0.2, 0) is 4.79 Å². The molecule has 2 aromatic rings. The van der Waals surface area contributed by atoms with Crippen molar-refractivity contribution in [1.29, 1.82) is 0 Å². The standard InChI is InChI=1S/C15H19N5O2S/c1-3-11(15(17)22)18-9-4-5-10(14(16)21)12(7-9)19-13-6-8(2)20-23-13/h4-7,11,18-19H,3H2,1-2H3,(H2,16,21)(H2,17,22). The third-order valence-corrected chi connectivity index (χ3v) is 4.06. The molecule has 0 saturated heterocycles. The van der Waals surface area contributed by atoms with Crippen LogP contribution in [0.3, 0.4) is 0 Å². The zero-order valence-corrected chi connectivity index (χ0v) is 13.7. The molecule has 1 atom stereocenters. The molecule has 0 aliphatic rings. The van der Waals surface area contributed by atoms with Gasteiger partial charge in [-0.2, -0.15) is 4.37 Å². The second-order valence-corrected chi connectivity index (χ2v) is 5.89. The van der Waals surface area contributed by atoms with Gasteiger partial charge < -0.3 is 22.1 Å². The van der Waals surface area contributed by atoms with Crippen LogP contribution >= 0.6 is 11.5 Å². The van der Waals surface area contributed by atoms with Crippen molar-refractivity contribution in [1.82, 2.24) is 4.37 Å². The minimum Gasteiger partial charge on any atom is -0.374 e. The summed E-state index contributed by atoms with van der Waals surface area (Å²) in [5, 5.41) is 6.98. The van der Waals surface area contributed by atoms with E-state index in [1.165, 1.54) is 11.5 Å². The van der Waals surface area contributed by atoms with Crippen LogP contribution in [0.1, 0.15) is 29.4 Å². The first kappa shape index (κ1) is 16.8. The fourth-order valence-corrected chi connectivity index (χ4v) is 2.76. The Labute approximate surface area is 138 Å². The molecule has 0 aliphatic heterocycles. The number of rotatable bonds is 7. The van der Waals surface area contributed by atoms with E-state index >= 15 is 0 Å². The average molecular weight is 333 g/mol. The average Bonchev–Trinajstić information content (AvgIpc) is 2.89. The van der Waals surface area contributed by atoms with Gasteiger partial charge in [0.1, 0.15) is 11.0 Å². The van der Waals surface area contributed by atoms with E-state index in [2.05, 4.69) is 15.0 Å². The fraction of sp³-hybridized carbons (Fsp3) is 0.267. The smallest absolute Gasteiger partial charge is 0.250 e. The van der Waals surface area contributed by atoms with Crippen LogP contribution in [0.25, 0.3) is 0 Å². The van der Waals surface area contributed by atoms with Gasteiger partial charge in [0.25, 0.3) is 5.91 Å². The Bertz CT molecular complexity index is 728. The van der Waals surface area contributed by atoms with E-state index in [1.54, 1.807) is 18.2 Å². The molecule has 23 heavy (non-hydrogen) atoms. The number of aromatic nitrogens is 1. The summed E-state index contributed by atoms with van der Waals surface area (Å²) in [6.07, 6.45) is 0.559. The highest BCUT2D eigenvalue weighted by molar-refractivity contribution is 7.10. The Balaban J connectivity index is 2.31. The van der Waals surface area contributed by atoms with Gasteiger partial charge in [0, 0.05) is 5.69 Å². The highest BCUT2D eigenvalue weighted by Crippen LogP contribution is 2.27. The number of amides is 2. The molecule has 1 unspecified atom stereocenters. The highest BCUT2D eigenvalue weighted by Gasteiger charge is 2.15. The SMILES string of the molecule is CCC(Nc1ccc(C(N)=O)c(Nc2cc(C)ns2)c1)C(N)=O. The maximum absolute atomic E-state index is 11.6. The van der Waals surface area contributed by atoms with Crippen molar-refractivity contribution in [3.63, 3.8) is 0 Å². The molecule has 8 heteroatoms. The number of primary amides is 2. The first-order valence-electron chi connectivity index (χ1n) is 7.10. The molecular weight excluding hydrogens is 314 g/mol. The van der Waals surface area contributed by atoms with Gasteiger partial charge in [0.05, 0.1) is 16.9 Å². The minimum absolute atomic E-state index is 0.355. The number of aryl methyl sites for hydroxylation is 1. The number of nitrogens with one attached hydrogen (secondary N) is 2. The largest absolute Gasteiger partial charge is 0.374 e. The number of hydrogen-bond acceptors (Lipinski definition) is 6. The van der Waals surface area contributed by atoms with Crippen molar-refractivity contribution in [3.8, 4) is 0 Å². The van der Waals surface area contributed by atoms with Crippen LogP contribution in [-0.4, -0.2) is 22.2 Å². The molecular formula is C15H19N5O2S. The highest BCUT2D eigenvalue weighted by atomic mass is 32.1. The van der Waals surface area contributed by atoms with E-state index < -0.39 is 17.9 Å². The lowest BCUT2D eigenvalue weighted by atomic mass is 10.1. The van der Waals surface area contributed by atoms with Crippen molar-refractivity contribution >= 4 is 39.7 Å². The van der Waals surface area contributed by atoms with Crippen molar-refractivity contribution in [2.45, 2.75) is 26.3 Å². The lowest BCUT2D eigenvalue weighted by Crippen LogP contribution is -2.34. The Morgan fingerprint density at radius 3 is 2.57 bits per heavy atom. The molecule has 1 heterocycles. The molecule has 0 saturated carbocycles. The van der Waals surface area contributed by atoms with Crippen molar-refractivity contribution in [2.24, 2.45) is 11.5 Å². The van der Waals surface area contributed by atoms with Crippen molar-refractivity contribution in [3.05, 3.63) is 35.5 Å². The molecule has 2 rings (SSSR count). The topological polar surface area (TPSA) is 123 Å². The third kappa shape index (κ3) is 4.19. The molecule has 6 N–H and O–H groups in total. The number of carbonyl (C=O) groups excluding carboxylic acids is 2. The predicted molar refractivity (Wildman–Crippen MR) is 92.0 cm³/mol. The lowest BCUT2D eigenvalue weighted by molar-refractivity contribution is -0.118. The quantitative estimate of drug-likeness (QED) is 0.617. The van der Waals surface area contributed by atoms with Gasteiger partial charge in [-0.3, -0.25) is 9.59 Å². The molecule has 0 fully saturated rings. The molecule has 1 aromatic heterocycles. The van der Waals surface area contributed by atoms with E-state index in [4.69, 9.17) is 11.5 Å². The van der Waals surface area contributed by atoms with Crippen LogP contribution in [0, 0.1) is 6.92 Å². The zero-order chi connectivity index (χ0) is 17.0. The first-order chi connectivity index (χ1) is 10.9. The molecule has 7 nitrogen and oxygen atoms in total. The molecule has 0 spiro atoms. The predicted octanol–water partition coefficient (Wildman–Crippen LogP) is 1.97. The Kier molecular flexibility index (Phi) is 5.17. The number of nitrogens with two attached hydrogens (primary N) is 2. The van der Waals surface area contributed by atoms with Crippen LogP contribution in [0.4, 0.5) is 16.4 Å². The monoisotopic (exact) mass is 333 g/mol. The van der Waals surface area contributed by atoms with Gasteiger partial charge in [-0.1, -0.05) is 6.92 Å². The summed E-state index contributed by atoms with van der Waals surface area (Å²) in [5.41, 5.74) is 13.2. The second kappa shape index (κ2) is 7.10. The summed E-state index contributed by atoms with van der Waals surface area (Å²) in [6, 6.07) is 6.41. The number of nitrogens with zero attached hydrogens (tertiary/aromatic N) is 1. The number of anilines is 3. The van der Waals surface area contributed by atoms with Gasteiger partial charge >= 0.3 is 0 Å². The third-order valence-electron chi connectivity index (χ3n) is 3.26. The van der Waals surface area contributed by atoms with Gasteiger partial charge in [-0.15, -0.1) is 0 Å². The first-order valence-corrected chi connectivity index (χ1v) is 7.88. The molecule has 0 bridgehead atoms. The summed E-state index contributed by atoms with van der Waals surface area (Å²) in [6.45, 7) is 3.74. The molecule has 2 amide bonds. The maximum Gasteiger partial charge on any atom is 0.250 e. The molecule has 1 aromatic carbocycles. The van der Waals surface area contributed by atoms with Crippen LogP contribution in [0.2, 0.25) is 0 Å². The molecule has 0 radical (unpaired) electrons. The Hall–Kier alpha value is -2.61. The van der Waals surface area contributed by atoms with E-state index in [9.17, 15) is 9.59 Å². The van der Waals surface area contributed by atoms with E-state index in [-0.39, 0.29) is 0 Å². The summed E-state index contributed by atoms with van der Waals surface area (Å²) in [5.74, 6) is -0.971. The molecule has 122 valence electrons. The summed E-state index contributed by atoms with van der Waals surface area (Å²) < 4.78 is 4.18. The minimum atomic E-state index is -0.540. The lowest BCUT2D eigenvalue weighted by Gasteiger charge is -2.17. The van der Waals surface area contributed by atoms with Gasteiger partial charge in [-0.25, -0.2) is 0 Å². The maximum atomic E-state index is 11.6. The van der Waals surface area contributed by atoms with Crippen molar-refractivity contribution in [2.75, 3.05) is 10.6 Å². The Morgan fingerprint density at radius 1 is 1.30 bits per heavy atom.